The lowest BCUT2D eigenvalue weighted by Crippen LogP contribution is -2.23. The third kappa shape index (κ3) is 3.87. The first kappa shape index (κ1) is 13.1. The van der Waals surface area contributed by atoms with Crippen molar-refractivity contribution < 1.29 is 14.2 Å². The van der Waals surface area contributed by atoms with Gasteiger partial charge in [0.25, 0.3) is 0 Å². The molecule has 1 N–H and O–H groups in total. The molecule has 0 aliphatic heterocycles. The molecule has 0 fully saturated rings. The Kier molecular flexibility index (Phi) is 4.38. The molecule has 3 nitrogen and oxygen atoms in total. The second kappa shape index (κ2) is 5.37. The Morgan fingerprint density at radius 3 is 2.69 bits per heavy atom. The molecule has 0 saturated carbocycles. The minimum absolute atomic E-state index is 0.263. The average Bonchev–Trinajstić information content (AvgIpc) is 2.27. The molecule has 1 atom stereocenters. The summed E-state index contributed by atoms with van der Waals surface area (Å²) in [4.78, 5) is 3.84. The molecule has 0 saturated heterocycles. The monoisotopic (exact) mass is 227 g/mol. The first-order valence-electron chi connectivity index (χ1n) is 5.29. The summed E-state index contributed by atoms with van der Waals surface area (Å²) in [6, 6.07) is 2.80. The van der Waals surface area contributed by atoms with Crippen molar-refractivity contribution in [3.63, 3.8) is 0 Å². The lowest BCUT2D eigenvalue weighted by molar-refractivity contribution is 0.00240. The van der Waals surface area contributed by atoms with Crippen LogP contribution in [0, 0.1) is 5.82 Å². The molecular formula is C12H18FNO2. The molecule has 1 heterocycles. The highest BCUT2D eigenvalue weighted by molar-refractivity contribution is 5.07. The zero-order valence-corrected chi connectivity index (χ0v) is 9.90. The number of ether oxygens (including phenoxy) is 1. The molecular weight excluding hydrogens is 209 g/mol. The number of pyridine rings is 1. The predicted molar refractivity (Wildman–Crippen MR) is 59.5 cm³/mol. The maximum Gasteiger partial charge on any atom is 0.141 e. The molecule has 0 amide bonds. The fraction of sp³-hybridized carbons (Fsp3) is 0.583. The van der Waals surface area contributed by atoms with Crippen LogP contribution >= 0.6 is 0 Å². The SMILES string of the molecule is COC(C)(C)CCC(O)c1ccc(F)cn1. The summed E-state index contributed by atoms with van der Waals surface area (Å²) in [6.45, 7) is 3.91. The third-order valence-corrected chi connectivity index (χ3v) is 2.66. The minimum atomic E-state index is -0.671. The van der Waals surface area contributed by atoms with Crippen molar-refractivity contribution in [2.45, 2.75) is 38.4 Å². The lowest BCUT2D eigenvalue weighted by Gasteiger charge is -2.23. The van der Waals surface area contributed by atoms with Gasteiger partial charge in [-0.05, 0) is 38.8 Å². The zero-order valence-electron chi connectivity index (χ0n) is 9.90. The van der Waals surface area contributed by atoms with Crippen LogP contribution < -0.4 is 0 Å². The summed E-state index contributed by atoms with van der Waals surface area (Å²) in [5.74, 6) is -0.395. The highest BCUT2D eigenvalue weighted by Crippen LogP contribution is 2.23. The number of hydrogen-bond acceptors (Lipinski definition) is 3. The number of methoxy groups -OCH3 is 1. The molecule has 0 radical (unpaired) electrons. The Labute approximate surface area is 95.3 Å². The van der Waals surface area contributed by atoms with Gasteiger partial charge in [-0.3, -0.25) is 4.98 Å². The van der Waals surface area contributed by atoms with Gasteiger partial charge in [-0.15, -0.1) is 0 Å². The summed E-state index contributed by atoms with van der Waals surface area (Å²) in [7, 11) is 1.64. The number of nitrogens with zero attached hydrogens (tertiary/aromatic N) is 1. The summed E-state index contributed by atoms with van der Waals surface area (Å²) in [5.41, 5.74) is 0.231. The highest BCUT2D eigenvalue weighted by Gasteiger charge is 2.19. The van der Waals surface area contributed by atoms with Crippen molar-refractivity contribution >= 4 is 0 Å². The van der Waals surface area contributed by atoms with E-state index in [1.165, 1.54) is 12.1 Å². The lowest BCUT2D eigenvalue weighted by atomic mass is 9.99. The molecule has 1 unspecified atom stereocenters. The molecule has 0 aliphatic carbocycles. The molecule has 0 spiro atoms. The van der Waals surface area contributed by atoms with E-state index in [1.807, 2.05) is 13.8 Å². The number of halogens is 1. The van der Waals surface area contributed by atoms with E-state index < -0.39 is 11.9 Å². The smallest absolute Gasteiger partial charge is 0.141 e. The molecule has 0 aliphatic rings. The summed E-state index contributed by atoms with van der Waals surface area (Å²) < 4.78 is 17.9. The van der Waals surface area contributed by atoms with Crippen LogP contribution in [-0.2, 0) is 4.74 Å². The van der Waals surface area contributed by atoms with Gasteiger partial charge in [0.05, 0.1) is 23.6 Å². The quantitative estimate of drug-likeness (QED) is 0.840. The van der Waals surface area contributed by atoms with Crippen LogP contribution in [0.2, 0.25) is 0 Å². The number of rotatable bonds is 5. The van der Waals surface area contributed by atoms with Gasteiger partial charge in [0.1, 0.15) is 5.82 Å². The van der Waals surface area contributed by atoms with E-state index >= 15 is 0 Å². The Hall–Kier alpha value is -1.00. The molecule has 90 valence electrons. The van der Waals surface area contributed by atoms with Crippen LogP contribution in [0.4, 0.5) is 4.39 Å². The Morgan fingerprint density at radius 1 is 1.50 bits per heavy atom. The Balaban J connectivity index is 2.53. The fourth-order valence-electron chi connectivity index (χ4n) is 1.32. The molecule has 1 rings (SSSR count). The van der Waals surface area contributed by atoms with E-state index in [2.05, 4.69) is 4.98 Å². The topological polar surface area (TPSA) is 42.4 Å². The standard InChI is InChI=1S/C12H18FNO2/c1-12(2,16-3)7-6-11(15)10-5-4-9(13)8-14-10/h4-5,8,11,15H,6-7H2,1-3H3. The van der Waals surface area contributed by atoms with Crippen molar-refractivity contribution in [2.24, 2.45) is 0 Å². The van der Waals surface area contributed by atoms with Gasteiger partial charge in [-0.2, -0.15) is 0 Å². The molecule has 1 aromatic rings. The van der Waals surface area contributed by atoms with E-state index in [-0.39, 0.29) is 5.60 Å². The fourth-order valence-corrected chi connectivity index (χ4v) is 1.32. The van der Waals surface area contributed by atoms with Crippen molar-refractivity contribution in [3.8, 4) is 0 Å². The van der Waals surface area contributed by atoms with E-state index in [0.29, 0.717) is 18.5 Å². The number of aliphatic hydroxyl groups excluding tert-OH is 1. The van der Waals surface area contributed by atoms with Crippen LogP contribution in [-0.4, -0.2) is 22.8 Å². The van der Waals surface area contributed by atoms with E-state index in [1.54, 1.807) is 7.11 Å². The van der Waals surface area contributed by atoms with Gasteiger partial charge < -0.3 is 9.84 Å². The molecule has 0 aromatic carbocycles. The van der Waals surface area contributed by atoms with Gasteiger partial charge in [-0.1, -0.05) is 0 Å². The first-order valence-corrected chi connectivity index (χ1v) is 5.29. The highest BCUT2D eigenvalue weighted by atomic mass is 19.1. The number of aromatic nitrogens is 1. The Bertz CT molecular complexity index is 324. The molecule has 0 bridgehead atoms. The predicted octanol–water partition coefficient (Wildman–Crippen LogP) is 2.46. The van der Waals surface area contributed by atoms with Crippen LogP contribution in [0.5, 0.6) is 0 Å². The summed E-state index contributed by atoms with van der Waals surface area (Å²) in [6.07, 6.45) is 1.69. The van der Waals surface area contributed by atoms with Crippen LogP contribution in [0.1, 0.15) is 38.5 Å². The molecule has 1 aromatic heterocycles. The van der Waals surface area contributed by atoms with Crippen molar-refractivity contribution in [1.29, 1.82) is 0 Å². The van der Waals surface area contributed by atoms with E-state index in [4.69, 9.17) is 4.74 Å². The zero-order chi connectivity index (χ0) is 12.2. The van der Waals surface area contributed by atoms with Crippen LogP contribution in [0.3, 0.4) is 0 Å². The van der Waals surface area contributed by atoms with Gasteiger partial charge >= 0.3 is 0 Å². The maximum absolute atomic E-state index is 12.6. The van der Waals surface area contributed by atoms with Crippen molar-refractivity contribution in [3.05, 3.63) is 29.8 Å². The van der Waals surface area contributed by atoms with Gasteiger partial charge in [0.15, 0.2) is 0 Å². The second-order valence-electron chi connectivity index (χ2n) is 4.42. The minimum Gasteiger partial charge on any atom is -0.387 e. The molecule has 16 heavy (non-hydrogen) atoms. The van der Waals surface area contributed by atoms with Crippen LogP contribution in [0.25, 0.3) is 0 Å². The largest absolute Gasteiger partial charge is 0.387 e. The third-order valence-electron chi connectivity index (χ3n) is 2.66. The number of aliphatic hydroxyl groups is 1. The van der Waals surface area contributed by atoms with E-state index in [9.17, 15) is 9.50 Å². The van der Waals surface area contributed by atoms with Crippen molar-refractivity contribution in [1.82, 2.24) is 4.98 Å². The van der Waals surface area contributed by atoms with Crippen molar-refractivity contribution in [2.75, 3.05) is 7.11 Å². The summed E-state index contributed by atoms with van der Waals surface area (Å²) >= 11 is 0. The average molecular weight is 227 g/mol. The maximum atomic E-state index is 12.6. The number of hydrogen-bond donors (Lipinski definition) is 1. The van der Waals surface area contributed by atoms with Gasteiger partial charge in [0.2, 0.25) is 0 Å². The first-order chi connectivity index (χ1) is 7.44. The van der Waals surface area contributed by atoms with E-state index in [0.717, 1.165) is 6.20 Å². The second-order valence-corrected chi connectivity index (χ2v) is 4.42. The van der Waals surface area contributed by atoms with Gasteiger partial charge in [0, 0.05) is 7.11 Å². The van der Waals surface area contributed by atoms with Gasteiger partial charge in [-0.25, -0.2) is 4.39 Å². The Morgan fingerprint density at radius 2 is 2.19 bits per heavy atom. The van der Waals surface area contributed by atoms with Crippen LogP contribution in [0.15, 0.2) is 18.3 Å². The molecule has 4 heteroatoms. The summed E-state index contributed by atoms with van der Waals surface area (Å²) in [5, 5.41) is 9.83. The normalized spacial score (nSPS) is 13.8.